The lowest BCUT2D eigenvalue weighted by molar-refractivity contribution is 0.497. The molecule has 0 aliphatic carbocycles. The van der Waals surface area contributed by atoms with Crippen LogP contribution in [0, 0.1) is 11.3 Å². The van der Waals surface area contributed by atoms with Gasteiger partial charge in [0.05, 0.1) is 11.1 Å². The Labute approximate surface area is 73.3 Å². The third-order valence-corrected chi connectivity index (χ3v) is 1.90. The summed E-state index contributed by atoms with van der Waals surface area (Å²) in [5, 5.41) is 8.86. The van der Waals surface area contributed by atoms with E-state index in [0.29, 0.717) is 0 Å². The molecule has 2 N–H and O–H groups in total. The monoisotopic (exact) mass is 190 g/mol. The molecule has 0 radical (unpaired) electrons. The first-order valence-electron chi connectivity index (χ1n) is 2.74. The van der Waals surface area contributed by atoms with Crippen LogP contribution < -0.4 is 5.73 Å². The Morgan fingerprint density at radius 1 is 1.64 bits per heavy atom. The number of halogens is 2. The second-order valence-corrected chi connectivity index (χ2v) is 2.65. The normalized spacial score (nSPS) is 12.5. The second-order valence-electron chi connectivity index (χ2n) is 1.87. The van der Waals surface area contributed by atoms with Gasteiger partial charge in [0.1, 0.15) is 11.3 Å². The van der Waals surface area contributed by atoms with Crippen LogP contribution in [0.4, 0.5) is 0 Å². The summed E-state index contributed by atoms with van der Waals surface area (Å²) in [7, 11) is 0. The van der Waals surface area contributed by atoms with Crippen molar-refractivity contribution in [3.05, 3.63) is 22.1 Å². The summed E-state index contributed by atoms with van der Waals surface area (Å²) >= 11 is 11.2. The molecule has 0 fully saturated rings. The Morgan fingerprint density at radius 2 is 2.27 bits per heavy atom. The summed E-state index contributed by atoms with van der Waals surface area (Å²) in [6.07, 6.45) is 1.25. The van der Waals surface area contributed by atoms with Gasteiger partial charge in [0.2, 0.25) is 0 Å². The quantitative estimate of drug-likeness (QED) is 0.739. The topological polar surface area (TPSA) is 63.0 Å². The number of furan rings is 1. The Hall–Kier alpha value is -0.690. The van der Waals surface area contributed by atoms with Gasteiger partial charge in [-0.15, -0.1) is 0 Å². The SMILES string of the molecule is N#CC(N)c1occ(Cl)c1Cl. The van der Waals surface area contributed by atoms with Gasteiger partial charge in [0.25, 0.3) is 0 Å². The van der Waals surface area contributed by atoms with Gasteiger partial charge in [-0.1, -0.05) is 23.2 Å². The van der Waals surface area contributed by atoms with Crippen LogP contribution in [0.5, 0.6) is 0 Å². The van der Waals surface area contributed by atoms with E-state index < -0.39 is 6.04 Å². The third kappa shape index (κ3) is 1.48. The van der Waals surface area contributed by atoms with Crippen molar-refractivity contribution in [3.63, 3.8) is 0 Å². The van der Waals surface area contributed by atoms with Crippen molar-refractivity contribution in [1.29, 1.82) is 5.26 Å². The molecule has 11 heavy (non-hydrogen) atoms. The van der Waals surface area contributed by atoms with Gasteiger partial charge in [-0.25, -0.2) is 0 Å². The Bertz CT molecular complexity index is 302. The molecule has 1 heterocycles. The van der Waals surface area contributed by atoms with Crippen LogP contribution in [0.1, 0.15) is 11.8 Å². The molecule has 0 saturated heterocycles. The van der Waals surface area contributed by atoms with Gasteiger partial charge in [0, 0.05) is 0 Å². The van der Waals surface area contributed by atoms with Crippen LogP contribution in [0.15, 0.2) is 10.7 Å². The van der Waals surface area contributed by atoms with Crippen LogP contribution in [0.25, 0.3) is 0 Å². The molecule has 0 bridgehead atoms. The van der Waals surface area contributed by atoms with E-state index in [0.717, 1.165) is 0 Å². The largest absolute Gasteiger partial charge is 0.463 e. The zero-order valence-corrected chi connectivity index (χ0v) is 6.86. The Kier molecular flexibility index (Phi) is 2.40. The van der Waals surface area contributed by atoms with Gasteiger partial charge in [-0.05, 0) is 0 Å². The van der Waals surface area contributed by atoms with Gasteiger partial charge in [-0.3, -0.25) is 0 Å². The standard InChI is InChI=1S/C6H4Cl2N2O/c7-3-2-11-6(5(3)8)4(10)1-9/h2,4H,10H2. The van der Waals surface area contributed by atoms with E-state index in [1.165, 1.54) is 6.26 Å². The molecule has 1 rings (SSSR count). The van der Waals surface area contributed by atoms with Crippen molar-refractivity contribution in [2.24, 2.45) is 5.73 Å². The van der Waals surface area contributed by atoms with E-state index in [2.05, 4.69) is 0 Å². The Morgan fingerprint density at radius 3 is 2.64 bits per heavy atom. The molecule has 1 aromatic rings. The molecule has 0 aliphatic heterocycles. The summed E-state index contributed by atoms with van der Waals surface area (Å²) in [5.41, 5.74) is 5.31. The van der Waals surface area contributed by atoms with Crippen LogP contribution in [-0.4, -0.2) is 0 Å². The minimum absolute atomic E-state index is 0.208. The predicted molar refractivity (Wildman–Crippen MR) is 41.3 cm³/mol. The zero-order valence-electron chi connectivity index (χ0n) is 5.34. The minimum Gasteiger partial charge on any atom is -0.463 e. The maximum Gasteiger partial charge on any atom is 0.155 e. The lowest BCUT2D eigenvalue weighted by Gasteiger charge is -1.96. The van der Waals surface area contributed by atoms with Crippen LogP contribution in [-0.2, 0) is 0 Å². The number of nitrogens with two attached hydrogens (primary N) is 1. The van der Waals surface area contributed by atoms with Crippen molar-refractivity contribution in [1.82, 2.24) is 0 Å². The highest BCUT2D eigenvalue weighted by molar-refractivity contribution is 6.42. The molecule has 0 aromatic carbocycles. The van der Waals surface area contributed by atoms with Gasteiger partial charge in [0.15, 0.2) is 11.8 Å². The number of nitriles is 1. The molecule has 1 atom stereocenters. The van der Waals surface area contributed by atoms with E-state index >= 15 is 0 Å². The highest BCUT2D eigenvalue weighted by Crippen LogP contribution is 2.30. The smallest absolute Gasteiger partial charge is 0.155 e. The molecule has 1 aromatic heterocycles. The summed E-state index contributed by atoms with van der Waals surface area (Å²) in [4.78, 5) is 0. The summed E-state index contributed by atoms with van der Waals surface area (Å²) in [5.74, 6) is 0.208. The van der Waals surface area contributed by atoms with E-state index in [9.17, 15) is 0 Å². The average molecular weight is 191 g/mol. The molecule has 0 aliphatic rings. The molecule has 58 valence electrons. The highest BCUT2D eigenvalue weighted by atomic mass is 35.5. The number of rotatable bonds is 1. The number of hydrogen-bond donors (Lipinski definition) is 1. The van der Waals surface area contributed by atoms with Crippen molar-refractivity contribution < 1.29 is 4.42 Å². The molecule has 0 spiro atoms. The van der Waals surface area contributed by atoms with Crippen molar-refractivity contribution in [2.75, 3.05) is 0 Å². The third-order valence-electron chi connectivity index (χ3n) is 1.14. The fraction of sp³-hybridized carbons (Fsp3) is 0.167. The fourth-order valence-electron chi connectivity index (χ4n) is 0.605. The Balaban J connectivity index is 3.07. The van der Waals surface area contributed by atoms with Crippen molar-refractivity contribution in [3.8, 4) is 6.07 Å². The fourth-order valence-corrected chi connectivity index (χ4v) is 0.949. The number of hydrogen-bond acceptors (Lipinski definition) is 3. The molecular formula is C6H4Cl2N2O. The molecule has 5 heteroatoms. The first-order chi connectivity index (χ1) is 5.16. The molecule has 0 amide bonds. The van der Waals surface area contributed by atoms with E-state index in [1.807, 2.05) is 0 Å². The maximum atomic E-state index is 8.39. The first kappa shape index (κ1) is 8.41. The summed E-state index contributed by atoms with van der Waals surface area (Å²) in [6.45, 7) is 0. The summed E-state index contributed by atoms with van der Waals surface area (Å²) in [6, 6.07) is 0.924. The molecule has 0 saturated carbocycles. The minimum atomic E-state index is -0.852. The second kappa shape index (κ2) is 3.14. The van der Waals surface area contributed by atoms with Crippen molar-refractivity contribution >= 4 is 23.2 Å². The van der Waals surface area contributed by atoms with Crippen LogP contribution in [0.2, 0.25) is 10.0 Å². The van der Waals surface area contributed by atoms with Crippen LogP contribution >= 0.6 is 23.2 Å². The average Bonchev–Trinajstić information content (AvgIpc) is 2.32. The molecule has 1 unspecified atom stereocenters. The molecule has 3 nitrogen and oxygen atoms in total. The lowest BCUT2D eigenvalue weighted by Crippen LogP contribution is -2.06. The van der Waals surface area contributed by atoms with E-state index in [1.54, 1.807) is 6.07 Å². The summed E-state index contributed by atoms with van der Waals surface area (Å²) < 4.78 is 4.84. The maximum absolute atomic E-state index is 8.39. The van der Waals surface area contributed by atoms with E-state index in [-0.39, 0.29) is 15.8 Å². The van der Waals surface area contributed by atoms with Gasteiger partial charge in [-0.2, -0.15) is 5.26 Å². The zero-order chi connectivity index (χ0) is 8.43. The number of nitrogens with zero attached hydrogens (tertiary/aromatic N) is 1. The van der Waals surface area contributed by atoms with Gasteiger partial charge >= 0.3 is 0 Å². The first-order valence-corrected chi connectivity index (χ1v) is 3.50. The van der Waals surface area contributed by atoms with E-state index in [4.69, 9.17) is 38.6 Å². The van der Waals surface area contributed by atoms with Crippen molar-refractivity contribution in [2.45, 2.75) is 6.04 Å². The molecular weight excluding hydrogens is 187 g/mol. The lowest BCUT2D eigenvalue weighted by atomic mass is 10.3. The highest BCUT2D eigenvalue weighted by Gasteiger charge is 2.16. The predicted octanol–water partition coefficient (Wildman–Crippen LogP) is 2.11. The van der Waals surface area contributed by atoms with Gasteiger partial charge < -0.3 is 10.2 Å². The van der Waals surface area contributed by atoms with Crippen LogP contribution in [0.3, 0.4) is 0 Å².